The summed E-state index contributed by atoms with van der Waals surface area (Å²) in [4.78, 5) is 12.3. The Labute approximate surface area is 174 Å². The molecular formula is C20H13BrClNO4S. The first-order valence-corrected chi connectivity index (χ1v) is 10.8. The highest BCUT2D eigenvalue weighted by Crippen LogP contribution is 2.30. The summed E-state index contributed by atoms with van der Waals surface area (Å²) < 4.78 is 33.6. The van der Waals surface area contributed by atoms with Gasteiger partial charge in [0.25, 0.3) is 10.0 Å². The molecule has 0 radical (unpaired) electrons. The molecule has 0 atom stereocenters. The van der Waals surface area contributed by atoms with Crippen molar-refractivity contribution in [1.82, 2.24) is 3.97 Å². The molecule has 0 aliphatic rings. The van der Waals surface area contributed by atoms with Gasteiger partial charge in [0.05, 0.1) is 17.5 Å². The molecule has 3 aromatic carbocycles. The van der Waals surface area contributed by atoms with Gasteiger partial charge in [-0.15, -0.1) is 0 Å². The molecular weight excluding hydrogens is 466 g/mol. The molecule has 4 rings (SSSR count). The Bertz CT molecular complexity index is 1360. The molecule has 1 heterocycles. The summed E-state index contributed by atoms with van der Waals surface area (Å²) in [5, 5.41) is 2.63. The number of hydrogen-bond donors (Lipinski definition) is 0. The summed E-state index contributed by atoms with van der Waals surface area (Å²) in [5.74, 6) is -0.749. The fraction of sp³-hybridized carbons (Fsp3) is 0.0500. The normalized spacial score (nSPS) is 11.8. The number of carbonyl (C=O) groups is 1. The number of ether oxygens (including phenoxy) is 1. The Morgan fingerprint density at radius 3 is 2.43 bits per heavy atom. The van der Waals surface area contributed by atoms with Crippen LogP contribution in [-0.2, 0) is 14.8 Å². The fourth-order valence-electron chi connectivity index (χ4n) is 3.13. The van der Waals surface area contributed by atoms with Gasteiger partial charge in [-0.1, -0.05) is 39.7 Å². The highest BCUT2D eigenvalue weighted by atomic mass is 79.9. The maximum Gasteiger partial charge on any atom is 0.355 e. The van der Waals surface area contributed by atoms with Crippen LogP contribution in [0.2, 0.25) is 5.02 Å². The van der Waals surface area contributed by atoms with Crippen LogP contribution in [0.15, 0.2) is 70.0 Å². The van der Waals surface area contributed by atoms with Crippen LogP contribution in [0.5, 0.6) is 0 Å². The third-order valence-electron chi connectivity index (χ3n) is 4.43. The Balaban J connectivity index is 2.00. The van der Waals surface area contributed by atoms with Crippen LogP contribution in [0.4, 0.5) is 0 Å². The van der Waals surface area contributed by atoms with Gasteiger partial charge in [-0.05, 0) is 59.3 Å². The second kappa shape index (κ2) is 6.92. The van der Waals surface area contributed by atoms with E-state index in [1.807, 2.05) is 18.2 Å². The fourth-order valence-corrected chi connectivity index (χ4v) is 5.22. The number of hydrogen-bond acceptors (Lipinski definition) is 4. The average Bonchev–Trinajstić information content (AvgIpc) is 3.06. The maximum atomic E-state index is 13.5. The summed E-state index contributed by atoms with van der Waals surface area (Å²) in [6.45, 7) is 0. The minimum atomic E-state index is -4.06. The molecule has 0 unspecified atom stereocenters. The second-order valence-corrected chi connectivity index (χ2v) is 9.29. The Morgan fingerprint density at radius 2 is 1.68 bits per heavy atom. The number of carbonyl (C=O) groups excluding carboxylic acids is 1. The van der Waals surface area contributed by atoms with E-state index in [1.165, 1.54) is 19.2 Å². The lowest BCUT2D eigenvalue weighted by Gasteiger charge is -2.12. The van der Waals surface area contributed by atoms with Gasteiger partial charge in [0.1, 0.15) is 5.69 Å². The average molecular weight is 479 g/mol. The molecule has 28 heavy (non-hydrogen) atoms. The van der Waals surface area contributed by atoms with Crippen molar-refractivity contribution in [2.45, 2.75) is 4.90 Å². The van der Waals surface area contributed by atoms with Gasteiger partial charge in [0.15, 0.2) is 0 Å². The summed E-state index contributed by atoms with van der Waals surface area (Å²) in [5.41, 5.74) is 0.261. The smallest absolute Gasteiger partial charge is 0.355 e. The van der Waals surface area contributed by atoms with Crippen LogP contribution in [0.3, 0.4) is 0 Å². The van der Waals surface area contributed by atoms with E-state index in [-0.39, 0.29) is 10.6 Å². The summed E-state index contributed by atoms with van der Waals surface area (Å²) in [7, 11) is -2.86. The van der Waals surface area contributed by atoms with Gasteiger partial charge in [0.2, 0.25) is 0 Å². The maximum absolute atomic E-state index is 13.5. The summed E-state index contributed by atoms with van der Waals surface area (Å²) in [6, 6.07) is 16.6. The predicted molar refractivity (Wildman–Crippen MR) is 113 cm³/mol. The van der Waals surface area contributed by atoms with Crippen molar-refractivity contribution in [1.29, 1.82) is 0 Å². The van der Waals surface area contributed by atoms with E-state index in [0.29, 0.717) is 15.9 Å². The number of halogens is 2. The third-order valence-corrected chi connectivity index (χ3v) is 6.88. The molecule has 0 bridgehead atoms. The van der Waals surface area contributed by atoms with Crippen LogP contribution in [0.1, 0.15) is 10.5 Å². The molecule has 0 aliphatic carbocycles. The van der Waals surface area contributed by atoms with E-state index < -0.39 is 16.0 Å². The lowest BCUT2D eigenvalue weighted by molar-refractivity contribution is 0.0593. The molecule has 4 aromatic rings. The van der Waals surface area contributed by atoms with Crippen molar-refractivity contribution < 1.29 is 17.9 Å². The van der Waals surface area contributed by atoms with Crippen LogP contribution in [-0.4, -0.2) is 25.5 Å². The number of benzene rings is 3. The predicted octanol–water partition coefficient (Wildman–Crippen LogP) is 5.23. The van der Waals surface area contributed by atoms with Crippen molar-refractivity contribution >= 4 is 65.2 Å². The minimum absolute atomic E-state index is 0.0694. The zero-order valence-electron chi connectivity index (χ0n) is 14.5. The first-order valence-electron chi connectivity index (χ1n) is 8.15. The van der Waals surface area contributed by atoms with Crippen molar-refractivity contribution in [3.05, 3.63) is 75.9 Å². The van der Waals surface area contributed by atoms with Crippen molar-refractivity contribution in [2.24, 2.45) is 0 Å². The number of nitrogens with zero attached hydrogens (tertiary/aromatic N) is 1. The minimum Gasteiger partial charge on any atom is -0.464 e. The third kappa shape index (κ3) is 3.09. The van der Waals surface area contributed by atoms with E-state index in [2.05, 4.69) is 15.9 Å². The zero-order chi connectivity index (χ0) is 20.1. The molecule has 0 aliphatic heterocycles. The number of rotatable bonds is 3. The highest BCUT2D eigenvalue weighted by molar-refractivity contribution is 9.10. The van der Waals surface area contributed by atoms with Gasteiger partial charge in [0, 0.05) is 14.9 Å². The van der Waals surface area contributed by atoms with E-state index in [4.69, 9.17) is 16.3 Å². The molecule has 5 nitrogen and oxygen atoms in total. The van der Waals surface area contributed by atoms with Crippen LogP contribution in [0.25, 0.3) is 21.7 Å². The summed E-state index contributed by atoms with van der Waals surface area (Å²) >= 11 is 9.43. The van der Waals surface area contributed by atoms with Crippen LogP contribution in [0, 0.1) is 0 Å². The molecule has 0 amide bonds. The number of methoxy groups -OCH3 is 1. The number of aromatic nitrogens is 1. The van der Waals surface area contributed by atoms with Crippen LogP contribution >= 0.6 is 27.5 Å². The Morgan fingerprint density at radius 1 is 0.964 bits per heavy atom. The number of fused-ring (bicyclic) bond motifs is 2. The van der Waals surface area contributed by atoms with Crippen molar-refractivity contribution in [2.75, 3.05) is 7.11 Å². The number of esters is 1. The molecule has 1 aromatic heterocycles. The molecule has 0 saturated carbocycles. The first kappa shape index (κ1) is 19.0. The first-order chi connectivity index (χ1) is 13.3. The van der Waals surface area contributed by atoms with Gasteiger partial charge in [-0.2, -0.15) is 0 Å². The quantitative estimate of drug-likeness (QED) is 0.378. The van der Waals surface area contributed by atoms with Gasteiger partial charge < -0.3 is 4.74 Å². The largest absolute Gasteiger partial charge is 0.464 e. The lowest BCUT2D eigenvalue weighted by atomic mass is 10.1. The van der Waals surface area contributed by atoms with E-state index in [1.54, 1.807) is 30.3 Å². The van der Waals surface area contributed by atoms with E-state index in [0.717, 1.165) is 19.2 Å². The van der Waals surface area contributed by atoms with Gasteiger partial charge in [-0.25, -0.2) is 17.2 Å². The summed E-state index contributed by atoms with van der Waals surface area (Å²) in [6.07, 6.45) is 0. The topological polar surface area (TPSA) is 65.4 Å². The highest BCUT2D eigenvalue weighted by Gasteiger charge is 2.27. The molecule has 0 N–H and O–H groups in total. The lowest BCUT2D eigenvalue weighted by Crippen LogP contribution is -2.19. The van der Waals surface area contributed by atoms with E-state index in [9.17, 15) is 13.2 Å². The monoisotopic (exact) mass is 477 g/mol. The SMILES string of the molecule is COC(=O)c1cc2cc(Cl)ccc2n1S(=O)(=O)c1ccc2cc(Br)ccc2c1. The molecule has 8 heteroatoms. The van der Waals surface area contributed by atoms with Gasteiger partial charge in [-0.3, -0.25) is 0 Å². The molecule has 0 spiro atoms. The Kier molecular flexibility index (Phi) is 4.69. The molecule has 0 fully saturated rings. The molecule has 0 saturated heterocycles. The van der Waals surface area contributed by atoms with Gasteiger partial charge >= 0.3 is 5.97 Å². The van der Waals surface area contributed by atoms with Crippen molar-refractivity contribution in [3.8, 4) is 0 Å². The molecule has 142 valence electrons. The Hall–Kier alpha value is -2.35. The second-order valence-electron chi connectivity index (χ2n) is 6.15. The standard InChI is InChI=1S/C20H13BrClNO4S/c1-27-20(24)19-11-14-9-16(22)5-7-18(14)23(19)28(25,26)17-6-3-12-8-15(21)4-2-13(12)10-17/h2-11H,1H3. The van der Waals surface area contributed by atoms with Crippen molar-refractivity contribution in [3.63, 3.8) is 0 Å². The zero-order valence-corrected chi connectivity index (χ0v) is 17.7. The van der Waals surface area contributed by atoms with Crippen LogP contribution < -0.4 is 0 Å². The van der Waals surface area contributed by atoms with E-state index >= 15 is 0 Å².